The van der Waals surface area contributed by atoms with Gasteiger partial charge >= 0.3 is 0 Å². The number of carbonyl (C=O) groups excluding carboxylic acids is 2. The van der Waals surface area contributed by atoms with Gasteiger partial charge < -0.3 is 19.7 Å². The summed E-state index contributed by atoms with van der Waals surface area (Å²) in [6.45, 7) is 0.0258. The van der Waals surface area contributed by atoms with Crippen molar-refractivity contribution < 1.29 is 27.5 Å². The molecule has 1 saturated carbocycles. The monoisotopic (exact) mass is 659 g/mol. The minimum Gasteiger partial charge on any atom is -0.486 e. The molecule has 0 saturated heterocycles. The molecule has 1 aliphatic heterocycles. The van der Waals surface area contributed by atoms with E-state index in [-0.39, 0.29) is 30.6 Å². The van der Waals surface area contributed by atoms with Crippen molar-refractivity contribution in [3.63, 3.8) is 0 Å². The van der Waals surface area contributed by atoms with Gasteiger partial charge in [0.05, 0.1) is 11.9 Å². The lowest BCUT2D eigenvalue weighted by atomic mass is 10.0. The number of fused-ring (bicyclic) bond motifs is 1. The molecule has 1 fully saturated rings. The molecule has 5 rings (SSSR count). The van der Waals surface area contributed by atoms with Crippen molar-refractivity contribution in [2.45, 2.75) is 50.7 Å². The smallest absolute Gasteiger partial charge is 0.244 e. The van der Waals surface area contributed by atoms with E-state index < -0.39 is 28.5 Å². The topological polar surface area (TPSA) is 105 Å². The summed E-state index contributed by atoms with van der Waals surface area (Å²) in [6, 6.07) is 18.1. The third-order valence-electron chi connectivity index (χ3n) is 7.86. The highest BCUT2D eigenvalue weighted by atomic mass is 35.5. The first kappa shape index (κ1) is 31.9. The van der Waals surface area contributed by atoms with Crippen LogP contribution in [-0.2, 0) is 32.6 Å². The van der Waals surface area contributed by atoms with Gasteiger partial charge in [-0.3, -0.25) is 13.9 Å². The normalized spacial score (nSPS) is 15.4. The van der Waals surface area contributed by atoms with E-state index in [0.717, 1.165) is 41.8 Å². The third-order valence-corrected chi connectivity index (χ3v) is 9.70. The standard InChI is InChI=1S/C32H35Cl2N3O6S/c1-44(40,41)37(24-14-15-29-30(19-24)43-17-16-42-29)21-31(38)36(20-25-26(33)12-7-13-27(25)34)28(18-22-8-3-2-4-9-22)32(39)35-23-10-5-6-11-23/h2-4,7-9,12-15,19,23,28H,5-6,10-11,16-18,20-21H2,1H3,(H,35,39). The summed E-state index contributed by atoms with van der Waals surface area (Å²) in [6.07, 6.45) is 4.99. The average Bonchev–Trinajstić information content (AvgIpc) is 3.51. The van der Waals surface area contributed by atoms with Crippen LogP contribution in [-0.4, -0.2) is 63.2 Å². The summed E-state index contributed by atoms with van der Waals surface area (Å²) in [7, 11) is -3.95. The van der Waals surface area contributed by atoms with Crippen molar-refractivity contribution in [3.8, 4) is 11.5 Å². The van der Waals surface area contributed by atoms with E-state index in [2.05, 4.69) is 5.32 Å². The lowest BCUT2D eigenvalue weighted by Crippen LogP contribution is -2.54. The molecule has 44 heavy (non-hydrogen) atoms. The molecule has 1 N–H and O–H groups in total. The first-order valence-corrected chi connectivity index (χ1v) is 17.1. The number of nitrogens with one attached hydrogen (secondary N) is 1. The molecular weight excluding hydrogens is 625 g/mol. The van der Waals surface area contributed by atoms with E-state index in [4.69, 9.17) is 32.7 Å². The van der Waals surface area contributed by atoms with E-state index in [1.807, 2.05) is 30.3 Å². The van der Waals surface area contributed by atoms with Gasteiger partial charge in [-0.05, 0) is 42.7 Å². The second-order valence-corrected chi connectivity index (χ2v) is 13.7. The van der Waals surface area contributed by atoms with Crippen LogP contribution in [0.15, 0.2) is 66.7 Å². The maximum atomic E-state index is 14.4. The quantitative estimate of drug-likeness (QED) is 0.302. The lowest BCUT2D eigenvalue weighted by molar-refractivity contribution is -0.140. The predicted molar refractivity (Wildman–Crippen MR) is 171 cm³/mol. The molecule has 9 nitrogen and oxygen atoms in total. The van der Waals surface area contributed by atoms with Crippen molar-refractivity contribution >= 4 is 50.7 Å². The molecule has 0 bridgehead atoms. The number of carbonyl (C=O) groups is 2. The molecule has 2 amide bonds. The minimum absolute atomic E-state index is 0.00635. The Morgan fingerprint density at radius 3 is 2.25 bits per heavy atom. The highest BCUT2D eigenvalue weighted by Crippen LogP contribution is 2.35. The van der Waals surface area contributed by atoms with Gasteiger partial charge in [-0.25, -0.2) is 8.42 Å². The number of anilines is 1. The number of hydrogen-bond donors (Lipinski definition) is 1. The van der Waals surface area contributed by atoms with Crippen LogP contribution in [0.4, 0.5) is 5.69 Å². The van der Waals surface area contributed by atoms with Crippen LogP contribution in [0.2, 0.25) is 10.0 Å². The largest absolute Gasteiger partial charge is 0.486 e. The number of rotatable bonds is 11. The number of halogens is 2. The van der Waals surface area contributed by atoms with Crippen molar-refractivity contribution in [1.82, 2.24) is 10.2 Å². The Morgan fingerprint density at radius 2 is 1.59 bits per heavy atom. The number of amides is 2. The van der Waals surface area contributed by atoms with Crippen molar-refractivity contribution in [2.24, 2.45) is 0 Å². The van der Waals surface area contributed by atoms with E-state index in [1.165, 1.54) is 11.0 Å². The first-order valence-electron chi connectivity index (χ1n) is 14.5. The molecule has 0 radical (unpaired) electrons. The number of nitrogens with zero attached hydrogens (tertiary/aromatic N) is 2. The minimum atomic E-state index is -3.95. The zero-order valence-electron chi connectivity index (χ0n) is 24.4. The summed E-state index contributed by atoms with van der Waals surface area (Å²) in [5.41, 5.74) is 1.53. The average molecular weight is 661 g/mol. The van der Waals surface area contributed by atoms with Gasteiger partial charge in [0.15, 0.2) is 11.5 Å². The van der Waals surface area contributed by atoms with E-state index in [0.29, 0.717) is 40.3 Å². The number of benzene rings is 3. The van der Waals surface area contributed by atoms with Crippen LogP contribution in [0, 0.1) is 0 Å². The van der Waals surface area contributed by atoms with Crippen LogP contribution in [0.5, 0.6) is 11.5 Å². The highest BCUT2D eigenvalue weighted by molar-refractivity contribution is 7.92. The molecule has 3 aromatic rings. The molecule has 1 aliphatic carbocycles. The Bertz CT molecular complexity index is 1580. The number of hydrogen-bond acceptors (Lipinski definition) is 6. The molecule has 1 unspecified atom stereocenters. The maximum Gasteiger partial charge on any atom is 0.244 e. The van der Waals surface area contributed by atoms with Crippen LogP contribution >= 0.6 is 23.2 Å². The van der Waals surface area contributed by atoms with E-state index in [1.54, 1.807) is 30.3 Å². The Hall–Kier alpha value is -3.47. The molecule has 234 valence electrons. The van der Waals surface area contributed by atoms with Gasteiger partial charge in [0, 0.05) is 40.7 Å². The SMILES string of the molecule is CS(=O)(=O)N(CC(=O)N(Cc1c(Cl)cccc1Cl)C(Cc1ccccc1)C(=O)NC1CCCC1)c1ccc2c(c1)OCCO2. The van der Waals surface area contributed by atoms with Crippen LogP contribution in [0.3, 0.4) is 0 Å². The second kappa shape index (κ2) is 14.1. The van der Waals surface area contributed by atoms with Gasteiger partial charge in [0.1, 0.15) is 25.8 Å². The lowest BCUT2D eigenvalue weighted by Gasteiger charge is -2.34. The maximum absolute atomic E-state index is 14.4. The van der Waals surface area contributed by atoms with Gasteiger partial charge in [0.25, 0.3) is 0 Å². The zero-order valence-corrected chi connectivity index (χ0v) is 26.7. The summed E-state index contributed by atoms with van der Waals surface area (Å²) in [4.78, 5) is 29.7. The molecule has 2 aliphatic rings. The van der Waals surface area contributed by atoms with Gasteiger partial charge in [-0.2, -0.15) is 0 Å². The highest BCUT2D eigenvalue weighted by Gasteiger charge is 2.35. The third kappa shape index (κ3) is 7.78. The van der Waals surface area contributed by atoms with Crippen LogP contribution in [0.25, 0.3) is 0 Å². The fourth-order valence-electron chi connectivity index (χ4n) is 5.58. The number of sulfonamides is 1. The molecule has 0 spiro atoms. The Balaban J connectivity index is 1.53. The Labute approximate surface area is 268 Å². The molecular formula is C32H35Cl2N3O6S. The second-order valence-electron chi connectivity index (χ2n) is 11.0. The van der Waals surface area contributed by atoms with Crippen molar-refractivity contribution in [1.29, 1.82) is 0 Å². The summed E-state index contributed by atoms with van der Waals surface area (Å²) in [5, 5.41) is 3.80. The van der Waals surface area contributed by atoms with Gasteiger partial charge in [-0.1, -0.05) is 72.4 Å². The van der Waals surface area contributed by atoms with Gasteiger partial charge in [0.2, 0.25) is 21.8 Å². The number of ether oxygens (including phenoxy) is 2. The van der Waals surface area contributed by atoms with Crippen molar-refractivity contribution in [2.75, 3.05) is 30.3 Å². The fourth-order valence-corrected chi connectivity index (χ4v) is 6.93. The van der Waals surface area contributed by atoms with E-state index >= 15 is 0 Å². The Kier molecular flexibility index (Phi) is 10.2. The molecule has 1 heterocycles. The summed E-state index contributed by atoms with van der Waals surface area (Å²) < 4.78 is 38.5. The Morgan fingerprint density at radius 1 is 0.932 bits per heavy atom. The molecule has 0 aromatic heterocycles. The predicted octanol–water partition coefficient (Wildman–Crippen LogP) is 5.23. The van der Waals surface area contributed by atoms with Crippen LogP contribution < -0.4 is 19.1 Å². The fraction of sp³-hybridized carbons (Fsp3) is 0.375. The van der Waals surface area contributed by atoms with Crippen molar-refractivity contribution in [3.05, 3.63) is 87.9 Å². The summed E-state index contributed by atoms with van der Waals surface area (Å²) >= 11 is 13.1. The first-order chi connectivity index (χ1) is 21.1. The molecule has 3 aromatic carbocycles. The summed E-state index contributed by atoms with van der Waals surface area (Å²) in [5.74, 6) is -0.0416. The molecule has 12 heteroatoms. The molecule has 1 atom stereocenters. The van der Waals surface area contributed by atoms with E-state index in [9.17, 15) is 18.0 Å². The van der Waals surface area contributed by atoms with Gasteiger partial charge in [-0.15, -0.1) is 0 Å². The zero-order chi connectivity index (χ0) is 31.3. The van der Waals surface area contributed by atoms with Crippen LogP contribution in [0.1, 0.15) is 36.8 Å².